The third-order valence-corrected chi connectivity index (χ3v) is 8.09. The van der Waals surface area contributed by atoms with Crippen molar-refractivity contribution in [3.63, 3.8) is 0 Å². The smallest absolute Gasteiger partial charge is 0.265 e. The molecule has 2 N–H and O–H groups in total. The summed E-state index contributed by atoms with van der Waals surface area (Å²) in [5.41, 5.74) is 1.54. The number of hydrogen-bond donors (Lipinski definition) is 2. The first-order valence-corrected chi connectivity index (χ1v) is 12.8. The van der Waals surface area contributed by atoms with Gasteiger partial charge in [0.05, 0.1) is 17.7 Å². The number of benzene rings is 2. The van der Waals surface area contributed by atoms with E-state index in [0.717, 1.165) is 30.6 Å². The average molecular weight is 490 g/mol. The van der Waals surface area contributed by atoms with Gasteiger partial charge in [0.15, 0.2) is 5.13 Å². The van der Waals surface area contributed by atoms with Crippen LogP contribution in [0.3, 0.4) is 0 Å². The van der Waals surface area contributed by atoms with Crippen LogP contribution in [0.15, 0.2) is 47.4 Å². The van der Waals surface area contributed by atoms with E-state index in [1.54, 1.807) is 12.1 Å². The molecule has 33 heavy (non-hydrogen) atoms. The number of hydrogen-bond acceptors (Lipinski definition) is 6. The van der Waals surface area contributed by atoms with Crippen LogP contribution in [0.4, 0.5) is 15.2 Å². The highest BCUT2D eigenvalue weighted by Crippen LogP contribution is 2.37. The molecule has 1 heterocycles. The second-order valence-electron chi connectivity index (χ2n) is 7.88. The monoisotopic (exact) mass is 489 g/mol. The van der Waals surface area contributed by atoms with Gasteiger partial charge in [-0.1, -0.05) is 24.2 Å². The predicted molar refractivity (Wildman–Crippen MR) is 127 cm³/mol. The highest BCUT2D eigenvalue weighted by atomic mass is 32.2. The van der Waals surface area contributed by atoms with Crippen LogP contribution in [0.2, 0.25) is 0 Å². The van der Waals surface area contributed by atoms with Crippen LogP contribution in [0.25, 0.3) is 10.4 Å². The Labute approximate surface area is 196 Å². The standard InChI is InChI=1S/C23H24FN3O4S2/c1-14-21(32-23(25-14)26-22(28)15-5-3-4-6-15)16-7-12-19(31-2)20(13-16)33(29,30)27-18-10-8-17(24)9-11-18/h7-13,15,27H,3-6H2,1-2H3,(H,25,26,28). The van der Waals surface area contributed by atoms with Gasteiger partial charge in [0.1, 0.15) is 16.5 Å². The summed E-state index contributed by atoms with van der Waals surface area (Å²) >= 11 is 1.30. The molecule has 1 aromatic heterocycles. The minimum atomic E-state index is -4.02. The molecule has 0 unspecified atom stereocenters. The Kier molecular flexibility index (Phi) is 6.66. The van der Waals surface area contributed by atoms with Gasteiger partial charge in [0, 0.05) is 11.6 Å². The van der Waals surface area contributed by atoms with Crippen molar-refractivity contribution in [2.75, 3.05) is 17.1 Å². The molecule has 4 rings (SSSR count). The Hall–Kier alpha value is -2.98. The van der Waals surface area contributed by atoms with E-state index in [9.17, 15) is 17.6 Å². The van der Waals surface area contributed by atoms with E-state index in [4.69, 9.17) is 4.74 Å². The lowest BCUT2D eigenvalue weighted by atomic mass is 10.1. The normalized spacial score (nSPS) is 14.3. The first-order valence-electron chi connectivity index (χ1n) is 10.5. The van der Waals surface area contributed by atoms with Gasteiger partial charge in [-0.3, -0.25) is 9.52 Å². The lowest BCUT2D eigenvalue weighted by Gasteiger charge is -2.13. The maximum atomic E-state index is 13.2. The summed E-state index contributed by atoms with van der Waals surface area (Å²) in [7, 11) is -2.63. The van der Waals surface area contributed by atoms with E-state index in [1.165, 1.54) is 48.8 Å². The summed E-state index contributed by atoms with van der Waals surface area (Å²) in [6, 6.07) is 9.87. The molecule has 0 saturated heterocycles. The van der Waals surface area contributed by atoms with Gasteiger partial charge in [-0.15, -0.1) is 0 Å². The fourth-order valence-corrected chi connectivity index (χ4v) is 6.09. The van der Waals surface area contributed by atoms with E-state index in [-0.39, 0.29) is 28.2 Å². The first kappa shape index (κ1) is 23.2. The number of aryl methyl sites for hydroxylation is 1. The number of aromatic nitrogens is 1. The van der Waals surface area contributed by atoms with E-state index >= 15 is 0 Å². The van der Waals surface area contributed by atoms with Crippen LogP contribution >= 0.6 is 11.3 Å². The number of nitrogens with one attached hydrogen (secondary N) is 2. The summed E-state index contributed by atoms with van der Waals surface area (Å²) in [4.78, 5) is 17.6. The van der Waals surface area contributed by atoms with E-state index in [0.29, 0.717) is 16.4 Å². The molecule has 1 saturated carbocycles. The third kappa shape index (κ3) is 5.17. The molecule has 1 aliphatic carbocycles. The van der Waals surface area contributed by atoms with Gasteiger partial charge < -0.3 is 10.1 Å². The summed E-state index contributed by atoms with van der Waals surface area (Å²) in [6.07, 6.45) is 3.91. The third-order valence-electron chi connectivity index (χ3n) is 5.56. The number of rotatable bonds is 7. The number of halogens is 1. The maximum absolute atomic E-state index is 13.2. The largest absolute Gasteiger partial charge is 0.495 e. The lowest BCUT2D eigenvalue weighted by Crippen LogP contribution is -2.20. The zero-order chi connectivity index (χ0) is 23.6. The Morgan fingerprint density at radius 2 is 1.85 bits per heavy atom. The van der Waals surface area contributed by atoms with Crippen molar-refractivity contribution in [3.8, 4) is 16.2 Å². The molecule has 10 heteroatoms. The Morgan fingerprint density at radius 1 is 1.15 bits per heavy atom. The number of carbonyl (C=O) groups excluding carboxylic acids is 1. The summed E-state index contributed by atoms with van der Waals surface area (Å²) in [6.45, 7) is 1.81. The molecule has 0 bridgehead atoms. The molecular formula is C23H24FN3O4S2. The Morgan fingerprint density at radius 3 is 2.52 bits per heavy atom. The van der Waals surface area contributed by atoms with Crippen LogP contribution in [0.1, 0.15) is 31.4 Å². The molecule has 3 aromatic rings. The van der Waals surface area contributed by atoms with Crippen molar-refractivity contribution in [1.82, 2.24) is 4.98 Å². The summed E-state index contributed by atoms with van der Waals surface area (Å²) < 4.78 is 47.1. The van der Waals surface area contributed by atoms with Gasteiger partial charge in [0.2, 0.25) is 5.91 Å². The number of sulfonamides is 1. The number of methoxy groups -OCH3 is 1. The van der Waals surface area contributed by atoms with Crippen molar-refractivity contribution in [2.24, 2.45) is 5.92 Å². The van der Waals surface area contributed by atoms with E-state index in [1.807, 2.05) is 6.92 Å². The van der Waals surface area contributed by atoms with Crippen LogP contribution in [-0.4, -0.2) is 26.4 Å². The Bertz CT molecular complexity index is 1270. The number of nitrogens with zero attached hydrogens (tertiary/aromatic N) is 1. The summed E-state index contributed by atoms with van der Waals surface area (Å²) in [5.74, 6) is -0.290. The number of carbonyl (C=O) groups is 1. The van der Waals surface area contributed by atoms with Crippen LogP contribution < -0.4 is 14.8 Å². The van der Waals surface area contributed by atoms with Crippen molar-refractivity contribution >= 4 is 38.1 Å². The zero-order valence-corrected chi connectivity index (χ0v) is 19.9. The number of amides is 1. The van der Waals surface area contributed by atoms with Crippen molar-refractivity contribution in [2.45, 2.75) is 37.5 Å². The molecule has 0 atom stereocenters. The van der Waals surface area contributed by atoms with Gasteiger partial charge >= 0.3 is 0 Å². The van der Waals surface area contributed by atoms with E-state index < -0.39 is 15.8 Å². The van der Waals surface area contributed by atoms with E-state index in [2.05, 4.69) is 15.0 Å². The predicted octanol–water partition coefficient (Wildman–Crippen LogP) is 5.20. The molecule has 1 fully saturated rings. The van der Waals surface area contributed by atoms with Crippen molar-refractivity contribution < 1.29 is 22.3 Å². The molecule has 0 spiro atoms. The highest BCUT2D eigenvalue weighted by molar-refractivity contribution is 7.92. The number of anilines is 2. The molecule has 1 aliphatic rings. The maximum Gasteiger partial charge on any atom is 0.265 e. The quantitative estimate of drug-likeness (QED) is 0.476. The highest BCUT2D eigenvalue weighted by Gasteiger charge is 2.25. The molecule has 0 radical (unpaired) electrons. The minimum absolute atomic E-state index is 0.0192. The lowest BCUT2D eigenvalue weighted by molar-refractivity contribution is -0.119. The van der Waals surface area contributed by atoms with Gasteiger partial charge in [-0.05, 0) is 67.8 Å². The topological polar surface area (TPSA) is 97.4 Å². The fraction of sp³-hybridized carbons (Fsp3) is 0.304. The van der Waals surface area contributed by atoms with Gasteiger partial charge in [-0.2, -0.15) is 0 Å². The average Bonchev–Trinajstić information content (AvgIpc) is 3.45. The molecule has 7 nitrogen and oxygen atoms in total. The molecule has 1 amide bonds. The van der Waals surface area contributed by atoms with Crippen LogP contribution in [-0.2, 0) is 14.8 Å². The zero-order valence-electron chi connectivity index (χ0n) is 18.2. The molecule has 2 aromatic carbocycles. The van der Waals surface area contributed by atoms with Gasteiger partial charge in [0.25, 0.3) is 10.0 Å². The van der Waals surface area contributed by atoms with Gasteiger partial charge in [-0.25, -0.2) is 17.8 Å². The van der Waals surface area contributed by atoms with Crippen molar-refractivity contribution in [3.05, 3.63) is 54.0 Å². The molecular weight excluding hydrogens is 465 g/mol. The molecule has 0 aliphatic heterocycles. The summed E-state index contributed by atoms with van der Waals surface area (Å²) in [5, 5.41) is 3.39. The fourth-order valence-electron chi connectivity index (χ4n) is 3.87. The number of thiazole rings is 1. The van der Waals surface area contributed by atoms with Crippen LogP contribution in [0.5, 0.6) is 5.75 Å². The SMILES string of the molecule is COc1ccc(-c2sc(NC(=O)C3CCCC3)nc2C)cc1S(=O)(=O)Nc1ccc(F)cc1. The van der Waals surface area contributed by atoms with Crippen LogP contribution in [0, 0.1) is 18.7 Å². The Balaban J connectivity index is 1.63. The number of ether oxygens (including phenoxy) is 1. The van der Waals surface area contributed by atoms with Crippen molar-refractivity contribution in [1.29, 1.82) is 0 Å². The molecule has 174 valence electrons. The second kappa shape index (κ2) is 9.48. The minimum Gasteiger partial charge on any atom is -0.495 e. The first-order chi connectivity index (χ1) is 15.8. The second-order valence-corrected chi connectivity index (χ2v) is 10.5.